The molecule has 0 spiro atoms. The fourth-order valence-corrected chi connectivity index (χ4v) is 5.86. The Kier molecular flexibility index (Phi) is 8.71. The summed E-state index contributed by atoms with van der Waals surface area (Å²) in [6, 6.07) is 21.9. The Morgan fingerprint density at radius 1 is 1.02 bits per heavy atom. The molecule has 4 aromatic rings. The lowest BCUT2D eigenvalue weighted by atomic mass is 9.95. The van der Waals surface area contributed by atoms with Crippen LogP contribution in [0.1, 0.15) is 43.0 Å². The maximum atomic E-state index is 13.9. The van der Waals surface area contributed by atoms with E-state index in [1.165, 1.54) is 18.4 Å². The smallest absolute Gasteiger partial charge is 0.338 e. The summed E-state index contributed by atoms with van der Waals surface area (Å²) in [5, 5.41) is 0.668. The van der Waals surface area contributed by atoms with E-state index in [2.05, 4.69) is 0 Å². The van der Waals surface area contributed by atoms with Crippen molar-refractivity contribution in [2.24, 2.45) is 4.99 Å². The number of esters is 1. The highest BCUT2D eigenvalue weighted by atomic mass is 35.5. The molecule has 0 bridgehead atoms. The summed E-state index contributed by atoms with van der Waals surface area (Å²) >= 11 is 7.28. The fraction of sp³-hybridized carbons (Fsp3) is 0.219. The van der Waals surface area contributed by atoms with E-state index in [1.807, 2.05) is 92.7 Å². The molecule has 1 aliphatic heterocycles. The van der Waals surface area contributed by atoms with Crippen molar-refractivity contribution in [2.75, 3.05) is 13.7 Å². The van der Waals surface area contributed by atoms with Gasteiger partial charge in [-0.15, -0.1) is 0 Å². The number of halogens is 1. The van der Waals surface area contributed by atoms with Crippen molar-refractivity contribution in [2.45, 2.75) is 32.9 Å². The molecule has 0 amide bonds. The van der Waals surface area contributed by atoms with E-state index < -0.39 is 12.0 Å². The van der Waals surface area contributed by atoms with Crippen molar-refractivity contribution in [1.82, 2.24) is 4.57 Å². The van der Waals surface area contributed by atoms with Crippen LogP contribution >= 0.6 is 22.9 Å². The monoisotopic (exact) mass is 588 g/mol. The molecule has 0 aliphatic carbocycles. The minimum Gasteiger partial charge on any atom is -0.490 e. The second-order valence-corrected chi connectivity index (χ2v) is 10.7. The summed E-state index contributed by atoms with van der Waals surface area (Å²) in [5.74, 6) is 0.676. The van der Waals surface area contributed by atoms with Gasteiger partial charge in [0.15, 0.2) is 16.3 Å². The normalized spacial score (nSPS) is 14.8. The molecule has 1 atom stereocenters. The number of rotatable bonds is 9. The van der Waals surface area contributed by atoms with Gasteiger partial charge in [0, 0.05) is 5.02 Å². The summed E-state index contributed by atoms with van der Waals surface area (Å²) in [7, 11) is 1.34. The first-order chi connectivity index (χ1) is 19.9. The number of carbonyl (C=O) groups is 1. The molecule has 2 heterocycles. The first-order valence-corrected chi connectivity index (χ1v) is 14.4. The Bertz CT molecular complexity index is 1780. The first kappa shape index (κ1) is 28.4. The van der Waals surface area contributed by atoms with Crippen molar-refractivity contribution >= 4 is 35.0 Å². The quantitative estimate of drug-likeness (QED) is 0.244. The molecule has 41 heavy (non-hydrogen) atoms. The van der Waals surface area contributed by atoms with Crippen LogP contribution in [0.15, 0.2) is 93.9 Å². The highest BCUT2D eigenvalue weighted by Crippen LogP contribution is 2.32. The number of methoxy groups -OCH3 is 1. The zero-order valence-corrected chi connectivity index (χ0v) is 24.5. The van der Waals surface area contributed by atoms with Crippen LogP contribution in [-0.4, -0.2) is 24.3 Å². The summed E-state index contributed by atoms with van der Waals surface area (Å²) in [4.78, 5) is 32.0. The maximum Gasteiger partial charge on any atom is 0.338 e. The first-order valence-electron chi connectivity index (χ1n) is 13.3. The van der Waals surface area contributed by atoms with Crippen molar-refractivity contribution in [3.63, 3.8) is 0 Å². The third kappa shape index (κ3) is 5.99. The Morgan fingerprint density at radius 3 is 2.46 bits per heavy atom. The summed E-state index contributed by atoms with van der Waals surface area (Å²) in [6.07, 6.45) is 2.33. The SMILES string of the molecule is CCOc1cc(/C=c2\sc3n(c2=O)[C@H](c2ccccc2)C(C(=O)OC)=C(CC)N=3)ccc1OCc1ccc(Cl)cc1. The summed E-state index contributed by atoms with van der Waals surface area (Å²) in [5.41, 5.74) is 3.31. The molecule has 5 rings (SSSR count). The van der Waals surface area contributed by atoms with Crippen molar-refractivity contribution in [3.05, 3.63) is 125 Å². The molecule has 0 saturated carbocycles. The number of hydrogen-bond donors (Lipinski definition) is 0. The van der Waals surface area contributed by atoms with E-state index in [-0.39, 0.29) is 5.56 Å². The topological polar surface area (TPSA) is 79.1 Å². The van der Waals surface area contributed by atoms with Crippen LogP contribution in [0.3, 0.4) is 0 Å². The third-order valence-corrected chi connectivity index (χ3v) is 7.87. The van der Waals surface area contributed by atoms with Crippen LogP contribution in [0.25, 0.3) is 6.08 Å². The van der Waals surface area contributed by atoms with Gasteiger partial charge in [0.2, 0.25) is 0 Å². The van der Waals surface area contributed by atoms with E-state index in [0.717, 1.165) is 16.7 Å². The van der Waals surface area contributed by atoms with Crippen molar-refractivity contribution < 1.29 is 19.0 Å². The number of benzene rings is 3. The van der Waals surface area contributed by atoms with E-state index in [0.29, 0.717) is 56.8 Å². The molecule has 1 aliphatic rings. The Hall–Kier alpha value is -4.14. The van der Waals surface area contributed by atoms with Crippen LogP contribution in [0, 0.1) is 0 Å². The van der Waals surface area contributed by atoms with Crippen molar-refractivity contribution in [1.29, 1.82) is 0 Å². The molecule has 210 valence electrons. The van der Waals surface area contributed by atoms with Gasteiger partial charge in [0.1, 0.15) is 6.61 Å². The number of nitrogens with zero attached hydrogens (tertiary/aromatic N) is 2. The summed E-state index contributed by atoms with van der Waals surface area (Å²) < 4.78 is 19.1. The molecule has 0 saturated heterocycles. The van der Waals surface area contributed by atoms with Crippen molar-refractivity contribution in [3.8, 4) is 11.5 Å². The molecular weight excluding hydrogens is 560 g/mol. The Labute approximate surface area is 246 Å². The van der Waals surface area contributed by atoms with Crippen LogP contribution in [0.4, 0.5) is 0 Å². The average Bonchev–Trinajstić information content (AvgIpc) is 3.30. The molecule has 7 nitrogen and oxygen atoms in total. The fourth-order valence-electron chi connectivity index (χ4n) is 4.71. The van der Waals surface area contributed by atoms with Crippen LogP contribution in [0.2, 0.25) is 5.02 Å². The molecule has 0 N–H and O–H groups in total. The van der Waals surface area contributed by atoms with Crippen LogP contribution in [0.5, 0.6) is 11.5 Å². The van der Waals surface area contributed by atoms with Crippen LogP contribution in [-0.2, 0) is 16.1 Å². The zero-order chi connectivity index (χ0) is 28.9. The Balaban J connectivity index is 1.56. The number of allylic oxidation sites excluding steroid dienone is 1. The predicted molar refractivity (Wildman–Crippen MR) is 160 cm³/mol. The lowest BCUT2D eigenvalue weighted by Crippen LogP contribution is -2.40. The minimum absolute atomic E-state index is 0.236. The largest absolute Gasteiger partial charge is 0.490 e. The molecule has 9 heteroatoms. The summed E-state index contributed by atoms with van der Waals surface area (Å²) in [6.45, 7) is 4.65. The van der Waals surface area contributed by atoms with Gasteiger partial charge >= 0.3 is 5.97 Å². The lowest BCUT2D eigenvalue weighted by molar-refractivity contribution is -0.136. The number of carbonyl (C=O) groups excluding carboxylic acids is 1. The van der Waals surface area contributed by atoms with E-state index >= 15 is 0 Å². The molecule has 0 unspecified atom stereocenters. The number of aromatic nitrogens is 1. The number of hydrogen-bond acceptors (Lipinski definition) is 7. The van der Waals surface area contributed by atoms with Gasteiger partial charge in [0.05, 0.1) is 35.6 Å². The van der Waals surface area contributed by atoms with E-state index in [9.17, 15) is 9.59 Å². The highest BCUT2D eigenvalue weighted by molar-refractivity contribution is 7.07. The van der Waals surface area contributed by atoms with Gasteiger partial charge in [0.25, 0.3) is 5.56 Å². The van der Waals surface area contributed by atoms with E-state index in [4.69, 9.17) is 30.8 Å². The molecule has 1 aromatic heterocycles. The number of fused-ring (bicyclic) bond motifs is 1. The lowest BCUT2D eigenvalue weighted by Gasteiger charge is -2.25. The second-order valence-electron chi connectivity index (χ2n) is 9.25. The van der Waals surface area contributed by atoms with Gasteiger partial charge in [-0.05, 0) is 60.4 Å². The second kappa shape index (κ2) is 12.6. The Morgan fingerprint density at radius 2 is 1.78 bits per heavy atom. The average molecular weight is 589 g/mol. The predicted octanol–water partition coefficient (Wildman–Crippen LogP) is 5.43. The van der Waals surface area contributed by atoms with Gasteiger partial charge in [-0.25, -0.2) is 9.79 Å². The van der Waals surface area contributed by atoms with Gasteiger partial charge in [-0.3, -0.25) is 9.36 Å². The number of ether oxygens (including phenoxy) is 3. The molecular formula is C32H29ClN2O5S. The van der Waals surface area contributed by atoms with Gasteiger partial charge in [-0.1, -0.05) is 78.4 Å². The number of thiazole rings is 1. The van der Waals surface area contributed by atoms with Crippen LogP contribution < -0.4 is 24.4 Å². The minimum atomic E-state index is -0.639. The maximum absolute atomic E-state index is 13.9. The third-order valence-electron chi connectivity index (χ3n) is 6.64. The molecule has 0 fully saturated rings. The van der Waals surface area contributed by atoms with E-state index in [1.54, 1.807) is 4.57 Å². The zero-order valence-electron chi connectivity index (χ0n) is 22.9. The van der Waals surface area contributed by atoms with Gasteiger partial charge < -0.3 is 14.2 Å². The molecule has 3 aromatic carbocycles. The highest BCUT2D eigenvalue weighted by Gasteiger charge is 2.33. The standard InChI is InChI=1S/C32H29ClN2O5S/c1-4-24-28(31(37)38-3)29(22-9-7-6-8-10-22)35-30(36)27(41-32(35)34-24)18-21-13-16-25(26(17-21)39-5-2)40-19-20-11-14-23(33)15-12-20/h6-18,29H,4-5,19H2,1-3H3/b27-18-/t29-/m1/s1. The van der Waals surface area contributed by atoms with Gasteiger partial charge in [-0.2, -0.15) is 0 Å². The molecule has 0 radical (unpaired) electrons.